The number of nitrogens with zero attached hydrogens (tertiary/aromatic N) is 4. The van der Waals surface area contributed by atoms with Crippen molar-refractivity contribution in [1.82, 2.24) is 14.8 Å². The number of aromatic nitrogens is 1. The molecule has 170 valence electrons. The Balaban J connectivity index is 1.23. The number of pyridine rings is 1. The average Bonchev–Trinajstić information content (AvgIpc) is 3.09. The van der Waals surface area contributed by atoms with Gasteiger partial charge in [0.15, 0.2) is 0 Å². The minimum Gasteiger partial charge on any atom is -0.490 e. The predicted molar refractivity (Wildman–Crippen MR) is 113 cm³/mol. The van der Waals surface area contributed by atoms with E-state index in [1.807, 2.05) is 39.9 Å². The highest BCUT2D eigenvalue weighted by Crippen LogP contribution is 2.42. The van der Waals surface area contributed by atoms with E-state index in [9.17, 15) is 18.0 Å². The van der Waals surface area contributed by atoms with Gasteiger partial charge in [-0.15, -0.1) is 0 Å². The van der Waals surface area contributed by atoms with E-state index in [0.29, 0.717) is 45.0 Å². The van der Waals surface area contributed by atoms with Gasteiger partial charge in [0.05, 0.1) is 17.8 Å². The molecule has 9 heteroatoms. The molecule has 1 aromatic rings. The zero-order valence-corrected chi connectivity index (χ0v) is 17.9. The van der Waals surface area contributed by atoms with E-state index in [2.05, 4.69) is 4.98 Å². The Hall–Kier alpha value is -2.97. The molecule has 0 radical (unpaired) electrons. The highest BCUT2D eigenvalue weighted by molar-refractivity contribution is 5.78. The number of rotatable bonds is 1. The Bertz CT molecular complexity index is 1010. The van der Waals surface area contributed by atoms with Gasteiger partial charge in [-0.2, -0.15) is 13.2 Å². The van der Waals surface area contributed by atoms with Crippen LogP contribution in [0.3, 0.4) is 0 Å². The van der Waals surface area contributed by atoms with Gasteiger partial charge in [-0.1, -0.05) is 12.2 Å². The standard InChI is InChI=1S/C23H25F3N4O2/c1-16-3-2-4-18-19(11-16)32-10-9-30(18)21(31)29-14-22(15-29)7-8-28(13-22)20-6-5-17(12-27-20)23(24,25)26/h2-3,5-6,11-12H,4,7-10,13-15H2,1H3. The van der Waals surface area contributed by atoms with Crippen LogP contribution in [0.4, 0.5) is 23.8 Å². The zero-order valence-electron chi connectivity index (χ0n) is 17.9. The number of ether oxygens (including phenoxy) is 1. The molecule has 6 nitrogen and oxygen atoms in total. The van der Waals surface area contributed by atoms with Crippen LogP contribution in [-0.2, 0) is 10.9 Å². The molecule has 0 saturated carbocycles. The van der Waals surface area contributed by atoms with E-state index in [-0.39, 0.29) is 11.4 Å². The molecule has 4 aliphatic rings. The van der Waals surface area contributed by atoms with Crippen molar-refractivity contribution in [3.63, 3.8) is 0 Å². The lowest BCUT2D eigenvalue weighted by atomic mass is 9.79. The van der Waals surface area contributed by atoms with E-state index in [0.717, 1.165) is 42.3 Å². The quantitative estimate of drug-likeness (QED) is 0.650. The second-order valence-electron chi connectivity index (χ2n) is 9.02. The molecule has 1 aliphatic carbocycles. The van der Waals surface area contributed by atoms with Crippen molar-refractivity contribution in [3.8, 4) is 0 Å². The van der Waals surface area contributed by atoms with Gasteiger partial charge >= 0.3 is 12.2 Å². The van der Waals surface area contributed by atoms with Crippen molar-refractivity contribution in [2.24, 2.45) is 5.41 Å². The summed E-state index contributed by atoms with van der Waals surface area (Å²) in [6, 6.07) is 2.50. The number of carbonyl (C=O) groups is 1. The fourth-order valence-electron chi connectivity index (χ4n) is 4.96. The molecule has 0 atom stereocenters. The molecule has 4 heterocycles. The summed E-state index contributed by atoms with van der Waals surface area (Å²) in [6.07, 6.45) is 4.10. The molecule has 1 spiro atoms. The number of anilines is 1. The van der Waals surface area contributed by atoms with Gasteiger partial charge in [-0.05, 0) is 37.1 Å². The normalized spacial score (nSPS) is 22.4. The van der Waals surface area contributed by atoms with Crippen LogP contribution in [-0.4, -0.2) is 60.1 Å². The van der Waals surface area contributed by atoms with Crippen LogP contribution in [0.1, 0.15) is 25.3 Å². The lowest BCUT2D eigenvalue weighted by Gasteiger charge is -2.49. The molecule has 0 N–H and O–H groups in total. The van der Waals surface area contributed by atoms with Crippen molar-refractivity contribution in [1.29, 1.82) is 0 Å². The average molecular weight is 446 g/mol. The highest BCUT2D eigenvalue weighted by atomic mass is 19.4. The third-order valence-electron chi connectivity index (χ3n) is 6.62. The Morgan fingerprint density at radius 1 is 1.19 bits per heavy atom. The van der Waals surface area contributed by atoms with Gasteiger partial charge in [0, 0.05) is 44.2 Å². The van der Waals surface area contributed by atoms with Gasteiger partial charge in [0.2, 0.25) is 0 Å². The Morgan fingerprint density at radius 3 is 2.72 bits per heavy atom. The number of hydrogen-bond acceptors (Lipinski definition) is 4. The SMILES string of the molecule is CC1=CC2=C(CC=C1)N(C(=O)N1CC3(CCN(c4ccc(C(F)(F)F)cn4)C3)C1)CCO2. The fraction of sp³-hybridized carbons (Fsp3) is 0.478. The summed E-state index contributed by atoms with van der Waals surface area (Å²) < 4.78 is 44.2. The summed E-state index contributed by atoms with van der Waals surface area (Å²) in [5.41, 5.74) is 1.23. The smallest absolute Gasteiger partial charge is 0.417 e. The molecule has 1 aromatic heterocycles. The predicted octanol–water partition coefficient (Wildman–Crippen LogP) is 4.18. The molecule has 2 fully saturated rings. The van der Waals surface area contributed by atoms with E-state index < -0.39 is 11.7 Å². The molecular formula is C23H25F3N4O2. The maximum absolute atomic E-state index is 13.2. The number of carbonyl (C=O) groups excluding carboxylic acids is 1. The summed E-state index contributed by atoms with van der Waals surface area (Å²) in [6.45, 7) is 5.72. The van der Waals surface area contributed by atoms with Crippen LogP contribution in [0.5, 0.6) is 0 Å². The maximum atomic E-state index is 13.2. The van der Waals surface area contributed by atoms with E-state index in [4.69, 9.17) is 4.74 Å². The number of alkyl halides is 3. The minimum absolute atomic E-state index is 0.00103. The first kappa shape index (κ1) is 20.9. The first-order chi connectivity index (χ1) is 15.2. The Labute approximate surface area is 184 Å². The number of halogens is 3. The van der Waals surface area contributed by atoms with E-state index in [1.54, 1.807) is 0 Å². The van der Waals surface area contributed by atoms with Crippen LogP contribution in [0.25, 0.3) is 0 Å². The third-order valence-corrected chi connectivity index (χ3v) is 6.62. The Morgan fingerprint density at radius 2 is 2.00 bits per heavy atom. The second-order valence-corrected chi connectivity index (χ2v) is 9.02. The van der Waals surface area contributed by atoms with Crippen molar-refractivity contribution < 1.29 is 22.7 Å². The van der Waals surface area contributed by atoms with E-state index in [1.165, 1.54) is 6.07 Å². The van der Waals surface area contributed by atoms with Gasteiger partial charge in [0.1, 0.15) is 18.2 Å². The van der Waals surface area contributed by atoms with Crippen molar-refractivity contribution in [2.75, 3.05) is 44.2 Å². The van der Waals surface area contributed by atoms with Gasteiger partial charge in [-0.25, -0.2) is 9.78 Å². The second kappa shape index (κ2) is 7.56. The Kier molecular flexibility index (Phi) is 4.94. The zero-order chi connectivity index (χ0) is 22.5. The number of allylic oxidation sites excluding steroid dienone is 4. The van der Waals surface area contributed by atoms with Crippen molar-refractivity contribution >= 4 is 11.8 Å². The van der Waals surface area contributed by atoms with Crippen LogP contribution in [0, 0.1) is 5.41 Å². The van der Waals surface area contributed by atoms with Crippen molar-refractivity contribution in [3.05, 3.63) is 59.2 Å². The summed E-state index contributed by atoms with van der Waals surface area (Å²) in [7, 11) is 0. The molecule has 2 amide bonds. The van der Waals surface area contributed by atoms with Crippen molar-refractivity contribution in [2.45, 2.75) is 25.9 Å². The number of likely N-dealkylation sites (tertiary alicyclic amines) is 1. The van der Waals surface area contributed by atoms with Gasteiger partial charge in [-0.3, -0.25) is 4.90 Å². The van der Waals surface area contributed by atoms with Crippen LogP contribution >= 0.6 is 0 Å². The maximum Gasteiger partial charge on any atom is 0.417 e. The first-order valence-corrected chi connectivity index (χ1v) is 10.8. The van der Waals surface area contributed by atoms with Gasteiger partial charge < -0.3 is 14.5 Å². The number of hydrogen-bond donors (Lipinski definition) is 0. The summed E-state index contributed by atoms with van der Waals surface area (Å²) in [4.78, 5) is 23.0. The van der Waals surface area contributed by atoms with Crippen LogP contribution in [0.15, 0.2) is 53.6 Å². The van der Waals surface area contributed by atoms with Gasteiger partial charge in [0.25, 0.3) is 0 Å². The summed E-state index contributed by atoms with van der Waals surface area (Å²) >= 11 is 0. The molecule has 5 rings (SSSR count). The topological polar surface area (TPSA) is 48.9 Å². The largest absolute Gasteiger partial charge is 0.490 e. The molecule has 0 aromatic carbocycles. The van der Waals surface area contributed by atoms with E-state index >= 15 is 0 Å². The highest BCUT2D eigenvalue weighted by Gasteiger charge is 2.50. The summed E-state index contributed by atoms with van der Waals surface area (Å²) in [5, 5.41) is 0. The number of urea groups is 1. The molecule has 3 aliphatic heterocycles. The minimum atomic E-state index is -4.39. The molecule has 0 unspecified atom stereocenters. The first-order valence-electron chi connectivity index (χ1n) is 10.8. The molecule has 2 saturated heterocycles. The summed E-state index contributed by atoms with van der Waals surface area (Å²) in [5.74, 6) is 1.32. The molecule has 32 heavy (non-hydrogen) atoms. The molecule has 0 bridgehead atoms. The van der Waals surface area contributed by atoms with Crippen LogP contribution < -0.4 is 4.90 Å². The lowest BCUT2D eigenvalue weighted by molar-refractivity contribution is -0.137. The third kappa shape index (κ3) is 3.73. The monoisotopic (exact) mass is 446 g/mol. The van der Waals surface area contributed by atoms with Crippen LogP contribution in [0.2, 0.25) is 0 Å². The number of amides is 2. The molecular weight excluding hydrogens is 421 g/mol. The fourth-order valence-corrected chi connectivity index (χ4v) is 4.96. The lowest BCUT2D eigenvalue weighted by Crippen LogP contribution is -2.62.